The maximum absolute atomic E-state index is 12.1. The molecule has 3 rings (SSSR count). The Balaban J connectivity index is 1.79. The normalized spacial score (nSPS) is 16.5. The van der Waals surface area contributed by atoms with Crippen molar-refractivity contribution in [2.75, 3.05) is 11.9 Å². The number of aromatic amines is 1. The zero-order valence-electron chi connectivity index (χ0n) is 14.2. The van der Waals surface area contributed by atoms with Gasteiger partial charge in [0.1, 0.15) is 5.82 Å². The fourth-order valence-corrected chi connectivity index (χ4v) is 3.52. The van der Waals surface area contributed by atoms with Crippen LogP contribution in [0.5, 0.6) is 0 Å². The van der Waals surface area contributed by atoms with Crippen LogP contribution in [0.4, 0.5) is 5.69 Å². The van der Waals surface area contributed by atoms with Crippen molar-refractivity contribution in [3.63, 3.8) is 0 Å². The lowest BCUT2D eigenvalue weighted by molar-refractivity contribution is 0.0956. The van der Waals surface area contributed by atoms with Gasteiger partial charge in [0, 0.05) is 30.2 Å². The SMILES string of the molecule is CCNC(=O)c1cccc(NC(c2ncc[nH]2)C2CCCCC2)c1. The van der Waals surface area contributed by atoms with E-state index >= 15 is 0 Å². The largest absolute Gasteiger partial charge is 0.375 e. The number of rotatable bonds is 6. The number of amides is 1. The molecule has 0 aliphatic heterocycles. The summed E-state index contributed by atoms with van der Waals surface area (Å²) in [6.07, 6.45) is 10.00. The molecule has 128 valence electrons. The summed E-state index contributed by atoms with van der Waals surface area (Å²) in [6.45, 7) is 2.56. The standard InChI is InChI=1S/C19H26N4O/c1-2-20-19(24)15-9-6-10-16(13-15)23-17(18-21-11-12-22-18)14-7-4-3-5-8-14/h6,9-14,17,23H,2-5,7-8H2,1H3,(H,20,24)(H,21,22). The maximum Gasteiger partial charge on any atom is 0.251 e. The van der Waals surface area contributed by atoms with Gasteiger partial charge in [0.15, 0.2) is 0 Å². The van der Waals surface area contributed by atoms with Crippen molar-refractivity contribution < 1.29 is 4.79 Å². The van der Waals surface area contributed by atoms with Gasteiger partial charge >= 0.3 is 0 Å². The number of anilines is 1. The Morgan fingerprint density at radius 2 is 2.17 bits per heavy atom. The van der Waals surface area contributed by atoms with Gasteiger partial charge in [-0.15, -0.1) is 0 Å². The first kappa shape index (κ1) is 16.6. The minimum atomic E-state index is -0.0339. The molecule has 1 heterocycles. The van der Waals surface area contributed by atoms with E-state index < -0.39 is 0 Å². The molecule has 1 fully saturated rings. The summed E-state index contributed by atoms with van der Waals surface area (Å²) >= 11 is 0. The summed E-state index contributed by atoms with van der Waals surface area (Å²) in [5.41, 5.74) is 1.65. The molecular weight excluding hydrogens is 300 g/mol. The highest BCUT2D eigenvalue weighted by Crippen LogP contribution is 2.35. The molecule has 1 unspecified atom stereocenters. The molecule has 0 spiro atoms. The van der Waals surface area contributed by atoms with E-state index in [2.05, 4.69) is 20.6 Å². The van der Waals surface area contributed by atoms with E-state index in [0.29, 0.717) is 18.0 Å². The Bertz CT molecular complexity index is 647. The van der Waals surface area contributed by atoms with Crippen LogP contribution >= 0.6 is 0 Å². The summed E-state index contributed by atoms with van der Waals surface area (Å²) < 4.78 is 0. The van der Waals surface area contributed by atoms with E-state index in [1.54, 1.807) is 6.20 Å². The van der Waals surface area contributed by atoms with Crippen molar-refractivity contribution in [1.29, 1.82) is 0 Å². The number of imidazole rings is 1. The third-order valence-corrected chi connectivity index (χ3v) is 4.72. The average molecular weight is 326 g/mol. The van der Waals surface area contributed by atoms with E-state index in [-0.39, 0.29) is 11.9 Å². The lowest BCUT2D eigenvalue weighted by Gasteiger charge is -2.30. The molecule has 0 saturated heterocycles. The van der Waals surface area contributed by atoms with E-state index in [1.165, 1.54) is 32.1 Å². The van der Waals surface area contributed by atoms with Gasteiger partial charge in [-0.2, -0.15) is 0 Å². The van der Waals surface area contributed by atoms with E-state index in [0.717, 1.165) is 11.5 Å². The molecule has 24 heavy (non-hydrogen) atoms. The third kappa shape index (κ3) is 3.96. The molecule has 1 amide bonds. The van der Waals surface area contributed by atoms with Gasteiger partial charge in [0.05, 0.1) is 6.04 Å². The van der Waals surface area contributed by atoms with Gasteiger partial charge in [-0.05, 0) is 43.9 Å². The van der Waals surface area contributed by atoms with E-state index in [1.807, 2.05) is 37.4 Å². The Morgan fingerprint density at radius 1 is 1.33 bits per heavy atom. The van der Waals surface area contributed by atoms with Crippen molar-refractivity contribution in [1.82, 2.24) is 15.3 Å². The minimum absolute atomic E-state index is 0.0339. The van der Waals surface area contributed by atoms with Gasteiger partial charge in [0.25, 0.3) is 5.91 Å². The van der Waals surface area contributed by atoms with Crippen LogP contribution in [-0.4, -0.2) is 22.4 Å². The smallest absolute Gasteiger partial charge is 0.251 e. The molecule has 5 nitrogen and oxygen atoms in total. The quantitative estimate of drug-likeness (QED) is 0.754. The van der Waals surface area contributed by atoms with Gasteiger partial charge < -0.3 is 15.6 Å². The lowest BCUT2D eigenvalue weighted by Crippen LogP contribution is -2.25. The first-order valence-corrected chi connectivity index (χ1v) is 8.92. The summed E-state index contributed by atoms with van der Waals surface area (Å²) in [4.78, 5) is 19.8. The Labute approximate surface area is 143 Å². The number of hydrogen-bond donors (Lipinski definition) is 3. The van der Waals surface area contributed by atoms with Crippen molar-refractivity contribution >= 4 is 11.6 Å². The van der Waals surface area contributed by atoms with Gasteiger partial charge in [-0.25, -0.2) is 4.98 Å². The second-order valence-corrected chi connectivity index (χ2v) is 6.43. The van der Waals surface area contributed by atoms with Gasteiger partial charge in [-0.3, -0.25) is 4.79 Å². The fraction of sp³-hybridized carbons (Fsp3) is 0.474. The third-order valence-electron chi connectivity index (χ3n) is 4.72. The molecule has 3 N–H and O–H groups in total. The number of aromatic nitrogens is 2. The number of benzene rings is 1. The van der Waals surface area contributed by atoms with Crippen molar-refractivity contribution in [2.24, 2.45) is 5.92 Å². The lowest BCUT2D eigenvalue weighted by atomic mass is 9.83. The van der Waals surface area contributed by atoms with Crippen LogP contribution in [0.3, 0.4) is 0 Å². The molecule has 1 atom stereocenters. The maximum atomic E-state index is 12.1. The molecule has 0 bridgehead atoms. The monoisotopic (exact) mass is 326 g/mol. The molecule has 2 aromatic rings. The average Bonchev–Trinajstić information content (AvgIpc) is 3.15. The minimum Gasteiger partial charge on any atom is -0.375 e. The highest BCUT2D eigenvalue weighted by molar-refractivity contribution is 5.95. The number of H-pyrrole nitrogens is 1. The molecule has 1 aliphatic rings. The van der Waals surface area contributed by atoms with E-state index in [9.17, 15) is 4.79 Å². The summed E-state index contributed by atoms with van der Waals surface area (Å²) in [5, 5.41) is 6.46. The fourth-order valence-electron chi connectivity index (χ4n) is 3.52. The van der Waals surface area contributed by atoms with Gasteiger partial charge in [-0.1, -0.05) is 25.3 Å². The Kier molecular flexibility index (Phi) is 5.51. The molecule has 1 aromatic carbocycles. The van der Waals surface area contributed by atoms with E-state index in [4.69, 9.17) is 0 Å². The number of carbonyl (C=O) groups is 1. The van der Waals surface area contributed by atoms with Crippen molar-refractivity contribution in [3.05, 3.63) is 48.0 Å². The predicted octanol–water partition coefficient (Wildman–Crippen LogP) is 3.89. The number of carbonyl (C=O) groups excluding carboxylic acids is 1. The predicted molar refractivity (Wildman–Crippen MR) is 96.0 cm³/mol. The summed E-state index contributed by atoms with van der Waals surface area (Å²) in [6, 6.07) is 7.86. The van der Waals surface area contributed by atoms with Crippen molar-refractivity contribution in [3.8, 4) is 0 Å². The van der Waals surface area contributed by atoms with Crippen LogP contribution in [0.2, 0.25) is 0 Å². The number of hydrogen-bond acceptors (Lipinski definition) is 3. The second kappa shape index (κ2) is 7.99. The highest BCUT2D eigenvalue weighted by atomic mass is 16.1. The summed E-state index contributed by atoms with van der Waals surface area (Å²) in [5.74, 6) is 1.51. The van der Waals surface area contributed by atoms with Crippen LogP contribution in [-0.2, 0) is 0 Å². The van der Waals surface area contributed by atoms with Crippen LogP contribution in [0.15, 0.2) is 36.7 Å². The first-order valence-electron chi connectivity index (χ1n) is 8.92. The number of nitrogens with zero attached hydrogens (tertiary/aromatic N) is 1. The van der Waals surface area contributed by atoms with Crippen LogP contribution in [0, 0.1) is 5.92 Å². The van der Waals surface area contributed by atoms with Crippen LogP contribution < -0.4 is 10.6 Å². The van der Waals surface area contributed by atoms with Crippen LogP contribution in [0.1, 0.15) is 61.3 Å². The topological polar surface area (TPSA) is 69.8 Å². The number of nitrogens with one attached hydrogen (secondary N) is 3. The molecule has 5 heteroatoms. The summed E-state index contributed by atoms with van der Waals surface area (Å²) in [7, 11) is 0. The van der Waals surface area contributed by atoms with Crippen molar-refractivity contribution in [2.45, 2.75) is 45.1 Å². The molecule has 1 saturated carbocycles. The molecule has 0 radical (unpaired) electrons. The molecule has 1 aliphatic carbocycles. The Morgan fingerprint density at radius 3 is 2.88 bits per heavy atom. The second-order valence-electron chi connectivity index (χ2n) is 6.43. The zero-order valence-corrected chi connectivity index (χ0v) is 14.2. The molecule has 1 aromatic heterocycles. The zero-order chi connectivity index (χ0) is 16.8. The highest BCUT2D eigenvalue weighted by Gasteiger charge is 2.26. The van der Waals surface area contributed by atoms with Crippen LogP contribution in [0.25, 0.3) is 0 Å². The van der Waals surface area contributed by atoms with Gasteiger partial charge in [0.2, 0.25) is 0 Å². The molecular formula is C19H26N4O. The Hall–Kier alpha value is -2.30. The first-order chi connectivity index (χ1) is 11.8.